The molecule has 0 aliphatic rings. The number of rotatable bonds is 2. The van der Waals surface area contributed by atoms with Crippen molar-refractivity contribution >= 4 is 23.0 Å². The second kappa shape index (κ2) is 4.14. The Balaban J connectivity index is 2.42. The van der Waals surface area contributed by atoms with E-state index in [-0.39, 0.29) is 22.1 Å². The molecule has 0 aliphatic heterocycles. The molecule has 2 rings (SSSR count). The van der Waals surface area contributed by atoms with Crippen LogP contribution in [-0.4, -0.2) is 9.78 Å². The van der Waals surface area contributed by atoms with E-state index in [0.29, 0.717) is 5.75 Å². The highest BCUT2D eigenvalue weighted by molar-refractivity contribution is 6.33. The van der Waals surface area contributed by atoms with Crippen molar-refractivity contribution in [2.24, 2.45) is 7.05 Å². The average molecular weight is 257 g/mol. The number of anilines is 2. The monoisotopic (exact) mass is 256 g/mol. The zero-order valence-electron chi connectivity index (χ0n) is 8.95. The largest absolute Gasteiger partial charge is 0.449 e. The van der Waals surface area contributed by atoms with E-state index in [9.17, 15) is 4.39 Å². The molecule has 0 saturated carbocycles. The summed E-state index contributed by atoms with van der Waals surface area (Å²) in [5.41, 5.74) is 11.2. The van der Waals surface area contributed by atoms with Crippen molar-refractivity contribution in [3.8, 4) is 11.5 Å². The standard InChI is InChI=1S/C10H10ClFN4O/c1-16-4-5(3-15-16)17-10-7(14)2-6(13)8(11)9(10)12/h2-4H,13-14H2,1H3. The maximum absolute atomic E-state index is 13.8. The minimum absolute atomic E-state index is 0.0696. The number of halogens is 2. The van der Waals surface area contributed by atoms with Crippen LogP contribution in [-0.2, 0) is 7.05 Å². The number of nitrogens with zero attached hydrogens (tertiary/aromatic N) is 2. The summed E-state index contributed by atoms with van der Waals surface area (Å²) in [5, 5.41) is 3.67. The second-order valence-electron chi connectivity index (χ2n) is 3.46. The zero-order valence-corrected chi connectivity index (χ0v) is 9.70. The summed E-state index contributed by atoms with van der Waals surface area (Å²) in [5.74, 6) is -0.579. The van der Waals surface area contributed by atoms with Gasteiger partial charge in [0.2, 0.25) is 0 Å². The van der Waals surface area contributed by atoms with Crippen LogP contribution >= 0.6 is 11.6 Å². The minimum Gasteiger partial charge on any atom is -0.449 e. The van der Waals surface area contributed by atoms with Gasteiger partial charge in [-0.05, 0) is 6.07 Å². The number of ether oxygens (including phenoxy) is 1. The quantitative estimate of drug-likeness (QED) is 0.807. The molecule has 0 unspecified atom stereocenters. The molecule has 4 N–H and O–H groups in total. The minimum atomic E-state index is -0.784. The molecule has 0 amide bonds. The van der Waals surface area contributed by atoms with Gasteiger partial charge in [0.25, 0.3) is 0 Å². The molecule has 90 valence electrons. The van der Waals surface area contributed by atoms with Crippen LogP contribution in [0, 0.1) is 5.82 Å². The van der Waals surface area contributed by atoms with Crippen molar-refractivity contribution in [3.05, 3.63) is 29.3 Å². The highest BCUT2D eigenvalue weighted by atomic mass is 35.5. The third kappa shape index (κ3) is 2.12. The molecule has 1 aromatic carbocycles. The zero-order chi connectivity index (χ0) is 12.6. The van der Waals surface area contributed by atoms with Gasteiger partial charge < -0.3 is 16.2 Å². The van der Waals surface area contributed by atoms with Gasteiger partial charge in [-0.2, -0.15) is 5.10 Å². The molecule has 2 aromatic rings. The van der Waals surface area contributed by atoms with Crippen molar-refractivity contribution in [3.63, 3.8) is 0 Å². The van der Waals surface area contributed by atoms with Crippen molar-refractivity contribution in [1.82, 2.24) is 9.78 Å². The number of nitrogens with two attached hydrogens (primary N) is 2. The Morgan fingerprint density at radius 2 is 2.12 bits per heavy atom. The van der Waals surface area contributed by atoms with Crippen molar-refractivity contribution in [2.75, 3.05) is 11.5 Å². The van der Waals surface area contributed by atoms with Gasteiger partial charge in [0, 0.05) is 7.05 Å². The summed E-state index contributed by atoms with van der Waals surface area (Å²) in [6, 6.07) is 1.34. The maximum Gasteiger partial charge on any atom is 0.188 e. The third-order valence-corrected chi connectivity index (χ3v) is 2.50. The fraction of sp³-hybridized carbons (Fsp3) is 0.100. The summed E-state index contributed by atoms with van der Waals surface area (Å²) in [7, 11) is 1.71. The Morgan fingerprint density at radius 1 is 1.41 bits per heavy atom. The summed E-state index contributed by atoms with van der Waals surface area (Å²) in [6.07, 6.45) is 3.01. The third-order valence-electron chi connectivity index (χ3n) is 2.12. The summed E-state index contributed by atoms with van der Waals surface area (Å²) >= 11 is 5.67. The Morgan fingerprint density at radius 3 is 2.71 bits per heavy atom. The molecule has 0 saturated heterocycles. The summed E-state index contributed by atoms with van der Waals surface area (Å²) < 4.78 is 20.6. The van der Waals surface area contributed by atoms with Gasteiger partial charge in [-0.25, -0.2) is 4.39 Å². The van der Waals surface area contributed by atoms with Crippen LogP contribution in [0.2, 0.25) is 5.02 Å². The first-order chi connectivity index (χ1) is 7.99. The Bertz CT molecular complexity index is 570. The van der Waals surface area contributed by atoms with Gasteiger partial charge in [-0.15, -0.1) is 0 Å². The molecule has 0 radical (unpaired) electrons. The van der Waals surface area contributed by atoms with Gasteiger partial charge in [0.05, 0.1) is 23.8 Å². The first-order valence-corrected chi connectivity index (χ1v) is 5.06. The van der Waals surface area contributed by atoms with Gasteiger partial charge in [-0.1, -0.05) is 11.6 Å². The van der Waals surface area contributed by atoms with E-state index in [1.807, 2.05) is 0 Å². The van der Waals surface area contributed by atoms with E-state index in [0.717, 1.165) is 0 Å². The smallest absolute Gasteiger partial charge is 0.188 e. The Labute approximate surface area is 102 Å². The van der Waals surface area contributed by atoms with E-state index >= 15 is 0 Å². The van der Waals surface area contributed by atoms with E-state index in [1.54, 1.807) is 13.2 Å². The number of aromatic nitrogens is 2. The highest BCUT2D eigenvalue weighted by Crippen LogP contribution is 2.37. The molecule has 0 atom stereocenters. The predicted octanol–water partition coefficient (Wildman–Crippen LogP) is 2.17. The van der Waals surface area contributed by atoms with Crippen molar-refractivity contribution < 1.29 is 9.13 Å². The van der Waals surface area contributed by atoms with E-state index in [2.05, 4.69) is 5.10 Å². The first-order valence-electron chi connectivity index (χ1n) is 4.68. The number of hydrogen-bond acceptors (Lipinski definition) is 4. The van der Waals surface area contributed by atoms with Crippen LogP contribution in [0.4, 0.5) is 15.8 Å². The lowest BCUT2D eigenvalue weighted by Gasteiger charge is -2.10. The SMILES string of the molecule is Cn1cc(Oc2c(N)cc(N)c(Cl)c2F)cn1. The molecular formula is C10H10ClFN4O. The average Bonchev–Trinajstić information content (AvgIpc) is 2.67. The molecule has 0 spiro atoms. The van der Waals surface area contributed by atoms with Crippen LogP contribution in [0.25, 0.3) is 0 Å². The van der Waals surface area contributed by atoms with E-state index in [1.165, 1.54) is 16.9 Å². The Kier molecular flexibility index (Phi) is 2.81. The van der Waals surface area contributed by atoms with Crippen LogP contribution in [0.1, 0.15) is 0 Å². The molecule has 17 heavy (non-hydrogen) atoms. The molecule has 1 aromatic heterocycles. The first kappa shape index (κ1) is 11.5. The highest BCUT2D eigenvalue weighted by Gasteiger charge is 2.16. The summed E-state index contributed by atoms with van der Waals surface area (Å²) in [4.78, 5) is 0. The molecule has 0 bridgehead atoms. The van der Waals surface area contributed by atoms with Gasteiger partial charge in [-0.3, -0.25) is 4.68 Å². The number of benzene rings is 1. The lowest BCUT2D eigenvalue weighted by Crippen LogP contribution is -1.99. The number of aryl methyl sites for hydroxylation is 1. The molecule has 0 aliphatic carbocycles. The number of nitrogen functional groups attached to an aromatic ring is 2. The topological polar surface area (TPSA) is 79.1 Å². The lowest BCUT2D eigenvalue weighted by atomic mass is 10.2. The van der Waals surface area contributed by atoms with Crippen molar-refractivity contribution in [2.45, 2.75) is 0 Å². The molecular weight excluding hydrogens is 247 g/mol. The maximum atomic E-state index is 13.8. The molecule has 7 heteroatoms. The fourth-order valence-corrected chi connectivity index (χ4v) is 1.46. The molecule has 5 nitrogen and oxygen atoms in total. The second-order valence-corrected chi connectivity index (χ2v) is 3.84. The molecule has 1 heterocycles. The van der Waals surface area contributed by atoms with Gasteiger partial charge in [0.1, 0.15) is 5.02 Å². The fourth-order valence-electron chi connectivity index (χ4n) is 1.32. The summed E-state index contributed by atoms with van der Waals surface area (Å²) in [6.45, 7) is 0. The van der Waals surface area contributed by atoms with E-state index in [4.69, 9.17) is 27.8 Å². The van der Waals surface area contributed by atoms with Crippen molar-refractivity contribution in [1.29, 1.82) is 0 Å². The van der Waals surface area contributed by atoms with Crippen LogP contribution in [0.3, 0.4) is 0 Å². The Hall–Kier alpha value is -1.95. The van der Waals surface area contributed by atoms with Gasteiger partial charge >= 0.3 is 0 Å². The van der Waals surface area contributed by atoms with Gasteiger partial charge in [0.15, 0.2) is 17.3 Å². The molecule has 0 fully saturated rings. The lowest BCUT2D eigenvalue weighted by molar-refractivity contribution is 0.445. The normalized spacial score (nSPS) is 10.5. The predicted molar refractivity (Wildman–Crippen MR) is 63.5 cm³/mol. The van der Waals surface area contributed by atoms with Crippen LogP contribution in [0.15, 0.2) is 18.5 Å². The van der Waals surface area contributed by atoms with Crippen LogP contribution in [0.5, 0.6) is 11.5 Å². The number of hydrogen-bond donors (Lipinski definition) is 2. The van der Waals surface area contributed by atoms with E-state index < -0.39 is 5.82 Å². The van der Waals surface area contributed by atoms with Crippen LogP contribution < -0.4 is 16.2 Å².